The second-order valence-electron chi connectivity index (χ2n) is 6.77. The third-order valence-electron chi connectivity index (χ3n) is 4.16. The van der Waals surface area contributed by atoms with Crippen LogP contribution in [0, 0.1) is 0 Å². The van der Waals surface area contributed by atoms with E-state index < -0.39 is 11.9 Å². The van der Waals surface area contributed by atoms with Gasteiger partial charge < -0.3 is 20.9 Å². The summed E-state index contributed by atoms with van der Waals surface area (Å²) < 4.78 is 38.0. The molecule has 0 fully saturated rings. The minimum absolute atomic E-state index is 0.0514. The number of halogens is 3. The summed E-state index contributed by atoms with van der Waals surface area (Å²) >= 11 is 0. The van der Waals surface area contributed by atoms with E-state index in [4.69, 9.17) is 0 Å². The van der Waals surface area contributed by atoms with Crippen molar-refractivity contribution in [2.45, 2.75) is 12.6 Å². The summed E-state index contributed by atoms with van der Waals surface area (Å²) in [7, 11) is 5.04. The highest BCUT2D eigenvalue weighted by atomic mass is 19.4. The molecule has 0 saturated heterocycles. The first kappa shape index (κ1) is 23.9. The number of guanidine groups is 1. The zero-order chi connectivity index (χ0) is 22.9. The van der Waals surface area contributed by atoms with E-state index in [0.29, 0.717) is 37.6 Å². The molecule has 0 spiro atoms. The van der Waals surface area contributed by atoms with Crippen molar-refractivity contribution in [3.8, 4) is 0 Å². The number of rotatable bonds is 8. The summed E-state index contributed by atoms with van der Waals surface area (Å²) in [6.07, 6.45) is -2.76. The number of carbonyl (C=O) groups excluding carboxylic acids is 1. The van der Waals surface area contributed by atoms with Gasteiger partial charge in [-0.2, -0.15) is 13.2 Å². The van der Waals surface area contributed by atoms with Crippen LogP contribution in [0.4, 0.5) is 19.1 Å². The summed E-state index contributed by atoms with van der Waals surface area (Å²) in [4.78, 5) is 24.9. The molecular weight excluding hydrogens is 411 g/mol. The fourth-order valence-corrected chi connectivity index (χ4v) is 2.62. The Labute approximate surface area is 179 Å². The number of hydrogen-bond donors (Lipinski definition) is 3. The van der Waals surface area contributed by atoms with E-state index in [0.717, 1.165) is 17.8 Å². The molecule has 1 amide bonds. The number of carbonyl (C=O) groups is 1. The molecule has 1 aromatic heterocycles. The van der Waals surface area contributed by atoms with Crippen molar-refractivity contribution in [1.29, 1.82) is 0 Å². The maximum atomic E-state index is 12.7. The molecule has 0 aliphatic carbocycles. The third kappa shape index (κ3) is 7.76. The van der Waals surface area contributed by atoms with Crippen LogP contribution in [0.3, 0.4) is 0 Å². The van der Waals surface area contributed by atoms with Crippen molar-refractivity contribution in [1.82, 2.24) is 25.5 Å². The number of amides is 1. The summed E-state index contributed by atoms with van der Waals surface area (Å²) in [5, 5.41) is 8.95. The molecule has 2 rings (SSSR count). The first-order valence-corrected chi connectivity index (χ1v) is 9.60. The Balaban J connectivity index is 1.75. The number of aromatic nitrogens is 2. The zero-order valence-electron chi connectivity index (χ0n) is 17.6. The van der Waals surface area contributed by atoms with Gasteiger partial charge in [0.05, 0.1) is 0 Å². The van der Waals surface area contributed by atoms with E-state index >= 15 is 0 Å². The van der Waals surface area contributed by atoms with Gasteiger partial charge in [0.1, 0.15) is 5.69 Å². The van der Waals surface area contributed by atoms with E-state index in [1.54, 1.807) is 27.2 Å². The first-order valence-electron chi connectivity index (χ1n) is 9.60. The van der Waals surface area contributed by atoms with Gasteiger partial charge in [0, 0.05) is 52.5 Å². The van der Waals surface area contributed by atoms with Crippen LogP contribution in [0.1, 0.15) is 21.6 Å². The lowest BCUT2D eigenvalue weighted by atomic mass is 10.1. The largest absolute Gasteiger partial charge is 0.433 e. The molecule has 8 nitrogen and oxygen atoms in total. The number of nitrogens with one attached hydrogen (secondary N) is 3. The monoisotopic (exact) mass is 437 g/mol. The van der Waals surface area contributed by atoms with Gasteiger partial charge in [0.25, 0.3) is 5.91 Å². The van der Waals surface area contributed by atoms with E-state index in [1.165, 1.54) is 4.90 Å². The number of benzene rings is 1. The molecular formula is C20H26F3N7O. The Morgan fingerprint density at radius 1 is 1.13 bits per heavy atom. The maximum Gasteiger partial charge on any atom is 0.433 e. The van der Waals surface area contributed by atoms with Crippen molar-refractivity contribution in [3.05, 3.63) is 53.3 Å². The van der Waals surface area contributed by atoms with Gasteiger partial charge in [-0.25, -0.2) is 9.97 Å². The van der Waals surface area contributed by atoms with Gasteiger partial charge in [0.15, 0.2) is 5.96 Å². The summed E-state index contributed by atoms with van der Waals surface area (Å²) in [5.74, 6) is 0.406. The molecule has 2 aromatic rings. The summed E-state index contributed by atoms with van der Waals surface area (Å²) in [6.45, 7) is 1.28. The highest BCUT2D eigenvalue weighted by Crippen LogP contribution is 2.27. The van der Waals surface area contributed by atoms with Crippen molar-refractivity contribution in [2.75, 3.05) is 46.1 Å². The molecule has 0 bridgehead atoms. The highest BCUT2D eigenvalue weighted by Gasteiger charge is 2.32. The lowest BCUT2D eigenvalue weighted by molar-refractivity contribution is -0.141. The Morgan fingerprint density at radius 2 is 1.87 bits per heavy atom. The van der Waals surface area contributed by atoms with Gasteiger partial charge in [-0.15, -0.1) is 0 Å². The smallest absolute Gasteiger partial charge is 0.356 e. The Kier molecular flexibility index (Phi) is 8.59. The van der Waals surface area contributed by atoms with Gasteiger partial charge in [0.2, 0.25) is 5.95 Å². The van der Waals surface area contributed by atoms with Crippen molar-refractivity contribution in [2.24, 2.45) is 4.99 Å². The van der Waals surface area contributed by atoms with Crippen molar-refractivity contribution >= 4 is 17.8 Å². The number of nitrogens with zero attached hydrogens (tertiary/aromatic N) is 4. The minimum Gasteiger partial charge on any atom is -0.356 e. The fraction of sp³-hybridized carbons (Fsp3) is 0.400. The summed E-state index contributed by atoms with van der Waals surface area (Å²) in [6, 6.07) is 8.26. The van der Waals surface area contributed by atoms with Crippen LogP contribution in [-0.2, 0) is 12.6 Å². The second-order valence-corrected chi connectivity index (χ2v) is 6.77. The van der Waals surface area contributed by atoms with E-state index in [-0.39, 0.29) is 11.9 Å². The van der Waals surface area contributed by atoms with Crippen molar-refractivity contribution in [3.63, 3.8) is 0 Å². The number of hydrogen-bond acceptors (Lipinski definition) is 5. The molecule has 0 aliphatic rings. The Hall–Kier alpha value is -3.37. The van der Waals surface area contributed by atoms with Crippen LogP contribution < -0.4 is 16.0 Å². The minimum atomic E-state index is -4.51. The van der Waals surface area contributed by atoms with E-state index in [9.17, 15) is 18.0 Å². The normalized spacial score (nSPS) is 11.7. The van der Waals surface area contributed by atoms with Gasteiger partial charge in [-0.3, -0.25) is 9.79 Å². The third-order valence-corrected chi connectivity index (χ3v) is 4.16. The SMILES string of the molecule is CN=C(NCCNc1nccc(C(F)(F)F)n1)NCCc1cccc(C(=O)N(C)C)c1. The number of alkyl halides is 3. The van der Waals surface area contributed by atoms with Gasteiger partial charge in [-0.05, 0) is 30.2 Å². The molecule has 11 heteroatoms. The number of anilines is 1. The zero-order valence-corrected chi connectivity index (χ0v) is 17.6. The van der Waals surface area contributed by atoms with Crippen LogP contribution >= 0.6 is 0 Å². The first-order chi connectivity index (χ1) is 14.7. The van der Waals surface area contributed by atoms with Crippen LogP contribution in [0.2, 0.25) is 0 Å². The lowest BCUT2D eigenvalue weighted by Gasteiger charge is -2.13. The molecule has 0 unspecified atom stereocenters. The molecule has 168 valence electrons. The predicted molar refractivity (Wildman–Crippen MR) is 113 cm³/mol. The maximum absolute atomic E-state index is 12.7. The molecule has 0 radical (unpaired) electrons. The van der Waals surface area contributed by atoms with Crippen molar-refractivity contribution < 1.29 is 18.0 Å². The Bertz CT molecular complexity index is 900. The molecule has 0 atom stereocenters. The summed E-state index contributed by atoms with van der Waals surface area (Å²) in [5.41, 5.74) is 0.652. The second kappa shape index (κ2) is 11.1. The molecule has 1 aromatic carbocycles. The van der Waals surface area contributed by atoms with Gasteiger partial charge >= 0.3 is 6.18 Å². The molecule has 31 heavy (non-hydrogen) atoms. The van der Waals surface area contributed by atoms with Crippen LogP contribution in [0.15, 0.2) is 41.5 Å². The van der Waals surface area contributed by atoms with E-state index in [2.05, 4.69) is 30.9 Å². The highest BCUT2D eigenvalue weighted by molar-refractivity contribution is 5.94. The molecule has 3 N–H and O–H groups in total. The Morgan fingerprint density at radius 3 is 2.55 bits per heavy atom. The number of aliphatic imine (C=N–C) groups is 1. The average molecular weight is 437 g/mol. The topological polar surface area (TPSA) is 94.5 Å². The van der Waals surface area contributed by atoms with Gasteiger partial charge in [-0.1, -0.05) is 12.1 Å². The molecule has 0 saturated carbocycles. The van der Waals surface area contributed by atoms with Crippen LogP contribution in [-0.4, -0.2) is 67.5 Å². The van der Waals surface area contributed by atoms with Crippen LogP contribution in [0.5, 0.6) is 0 Å². The quantitative estimate of drug-likeness (QED) is 0.332. The fourth-order valence-electron chi connectivity index (χ4n) is 2.62. The predicted octanol–water partition coefficient (Wildman–Crippen LogP) is 2.02. The molecule has 0 aliphatic heterocycles. The lowest BCUT2D eigenvalue weighted by Crippen LogP contribution is -2.40. The van der Waals surface area contributed by atoms with Crippen LogP contribution in [0.25, 0.3) is 0 Å². The van der Waals surface area contributed by atoms with E-state index in [1.807, 2.05) is 18.2 Å². The average Bonchev–Trinajstić information content (AvgIpc) is 2.74. The molecule has 1 heterocycles. The standard InChI is InChI=1S/C20H26F3N7O/c1-24-18(25-9-7-14-5-4-6-15(13-14)17(31)30(2)3)27-11-12-28-19-26-10-8-16(29-19)20(21,22)23/h4-6,8,10,13H,7,9,11-12H2,1-3H3,(H2,24,25,27)(H,26,28,29).